The summed E-state index contributed by atoms with van der Waals surface area (Å²) in [6.07, 6.45) is -1.97. The number of likely N-dealkylation sites (tertiary alicyclic amines) is 1. The normalized spacial score (nSPS) is 19.5. The molecule has 2 atom stereocenters. The number of hydrogen-bond acceptors (Lipinski definition) is 4. The van der Waals surface area contributed by atoms with E-state index in [9.17, 15) is 23.2 Å². The molecule has 4 rings (SSSR count). The van der Waals surface area contributed by atoms with Crippen molar-refractivity contribution in [2.45, 2.75) is 43.7 Å². The van der Waals surface area contributed by atoms with Crippen molar-refractivity contribution < 1.29 is 33.0 Å². The van der Waals surface area contributed by atoms with Gasteiger partial charge in [0.2, 0.25) is 5.91 Å². The Kier molecular flexibility index (Phi) is 6.05. The Bertz CT molecular complexity index is 1040. The average Bonchev–Trinajstić information content (AvgIpc) is 3.26. The van der Waals surface area contributed by atoms with Crippen LogP contribution in [0.15, 0.2) is 48.5 Å². The van der Waals surface area contributed by atoms with Gasteiger partial charge in [-0.2, -0.15) is 0 Å². The Morgan fingerprint density at radius 2 is 1.70 bits per heavy atom. The van der Waals surface area contributed by atoms with Gasteiger partial charge in [0.25, 0.3) is 5.92 Å². The van der Waals surface area contributed by atoms with Crippen LogP contribution in [0, 0.1) is 0 Å². The molecule has 1 saturated heterocycles. The van der Waals surface area contributed by atoms with Gasteiger partial charge in [0.15, 0.2) is 0 Å². The number of alkyl halides is 2. The number of rotatable bonds is 6. The molecule has 9 heteroatoms. The van der Waals surface area contributed by atoms with Gasteiger partial charge in [-0.05, 0) is 29.2 Å². The van der Waals surface area contributed by atoms with E-state index in [-0.39, 0.29) is 18.9 Å². The molecule has 0 spiro atoms. The minimum atomic E-state index is -3.25. The smallest absolute Gasteiger partial charge is 0.407 e. The van der Waals surface area contributed by atoms with Gasteiger partial charge in [0.1, 0.15) is 12.6 Å². The number of alkyl carbamates (subject to hydrolysis) is 1. The topological polar surface area (TPSA) is 95.9 Å². The van der Waals surface area contributed by atoms with Crippen LogP contribution in [0.4, 0.5) is 13.6 Å². The summed E-state index contributed by atoms with van der Waals surface area (Å²) in [4.78, 5) is 36.7. The molecule has 1 heterocycles. The van der Waals surface area contributed by atoms with E-state index in [1.807, 2.05) is 48.5 Å². The van der Waals surface area contributed by atoms with E-state index in [1.54, 1.807) is 0 Å². The maximum atomic E-state index is 13.6. The monoisotopic (exact) mass is 458 g/mol. The third kappa shape index (κ3) is 4.67. The van der Waals surface area contributed by atoms with Crippen molar-refractivity contribution in [2.24, 2.45) is 0 Å². The SMILES string of the molecule is CC(CC(=O)N1CC(F)(F)CC1C(=O)O)NC(=O)OCC1c2ccccc2-c2ccccc21. The Morgan fingerprint density at radius 1 is 1.12 bits per heavy atom. The number of carboxylic acid groups (broad SMARTS) is 1. The number of carbonyl (C=O) groups is 3. The van der Waals surface area contributed by atoms with Crippen LogP contribution in [0.5, 0.6) is 0 Å². The summed E-state index contributed by atoms with van der Waals surface area (Å²) in [6, 6.07) is 13.5. The molecule has 33 heavy (non-hydrogen) atoms. The molecule has 7 nitrogen and oxygen atoms in total. The molecule has 2 N–H and O–H groups in total. The summed E-state index contributed by atoms with van der Waals surface area (Å²) < 4.78 is 32.7. The van der Waals surface area contributed by atoms with Crippen LogP contribution in [-0.2, 0) is 14.3 Å². The van der Waals surface area contributed by atoms with Crippen LogP contribution in [0.1, 0.15) is 36.8 Å². The van der Waals surface area contributed by atoms with Crippen molar-refractivity contribution in [1.82, 2.24) is 10.2 Å². The third-order valence-electron chi connectivity index (χ3n) is 6.06. The van der Waals surface area contributed by atoms with E-state index in [0.29, 0.717) is 4.90 Å². The second-order valence-corrected chi connectivity index (χ2v) is 8.51. The van der Waals surface area contributed by atoms with E-state index in [4.69, 9.17) is 9.84 Å². The molecule has 1 aliphatic carbocycles. The Labute approximate surface area is 189 Å². The van der Waals surface area contributed by atoms with Gasteiger partial charge in [-0.15, -0.1) is 0 Å². The highest BCUT2D eigenvalue weighted by Gasteiger charge is 2.50. The number of benzene rings is 2. The molecule has 0 aromatic heterocycles. The van der Waals surface area contributed by atoms with Gasteiger partial charge in [0.05, 0.1) is 6.54 Å². The molecule has 1 aliphatic heterocycles. The number of nitrogens with one attached hydrogen (secondary N) is 1. The quantitative estimate of drug-likeness (QED) is 0.689. The van der Waals surface area contributed by atoms with Crippen LogP contribution >= 0.6 is 0 Å². The molecular formula is C24H24F2N2O5. The molecule has 2 aromatic carbocycles. The molecule has 1 fully saturated rings. The number of halogens is 2. The van der Waals surface area contributed by atoms with Crippen molar-refractivity contribution in [3.05, 3.63) is 59.7 Å². The number of aliphatic carboxylic acids is 1. The lowest BCUT2D eigenvalue weighted by Crippen LogP contribution is -2.44. The maximum Gasteiger partial charge on any atom is 0.407 e. The molecule has 2 aliphatic rings. The van der Waals surface area contributed by atoms with Gasteiger partial charge in [-0.25, -0.2) is 18.4 Å². The number of carbonyl (C=O) groups excluding carboxylic acids is 2. The summed E-state index contributed by atoms with van der Waals surface area (Å²) >= 11 is 0. The van der Waals surface area contributed by atoms with E-state index < -0.39 is 48.9 Å². The molecule has 2 amide bonds. The van der Waals surface area contributed by atoms with Gasteiger partial charge in [-0.1, -0.05) is 48.5 Å². The van der Waals surface area contributed by atoms with Crippen molar-refractivity contribution in [2.75, 3.05) is 13.2 Å². The number of fused-ring (bicyclic) bond motifs is 3. The first-order valence-electron chi connectivity index (χ1n) is 10.7. The van der Waals surface area contributed by atoms with Crippen molar-refractivity contribution in [1.29, 1.82) is 0 Å². The lowest BCUT2D eigenvalue weighted by atomic mass is 9.98. The van der Waals surface area contributed by atoms with Gasteiger partial charge >= 0.3 is 12.1 Å². The van der Waals surface area contributed by atoms with Crippen LogP contribution in [0.2, 0.25) is 0 Å². The van der Waals surface area contributed by atoms with E-state index in [1.165, 1.54) is 6.92 Å². The second kappa shape index (κ2) is 8.80. The predicted octanol–water partition coefficient (Wildman–Crippen LogP) is 3.62. The first-order valence-corrected chi connectivity index (χ1v) is 10.7. The lowest BCUT2D eigenvalue weighted by Gasteiger charge is -2.23. The number of nitrogens with zero attached hydrogens (tertiary/aromatic N) is 1. The van der Waals surface area contributed by atoms with Crippen LogP contribution in [-0.4, -0.2) is 59.1 Å². The van der Waals surface area contributed by atoms with Crippen LogP contribution < -0.4 is 5.32 Å². The number of ether oxygens (including phenoxy) is 1. The van der Waals surface area contributed by atoms with Crippen LogP contribution in [0.3, 0.4) is 0 Å². The molecule has 174 valence electrons. The van der Waals surface area contributed by atoms with Crippen molar-refractivity contribution >= 4 is 18.0 Å². The Hall–Kier alpha value is -3.49. The van der Waals surface area contributed by atoms with E-state index in [0.717, 1.165) is 22.3 Å². The first-order chi connectivity index (χ1) is 15.7. The molecule has 2 unspecified atom stereocenters. The second-order valence-electron chi connectivity index (χ2n) is 8.51. The number of hydrogen-bond donors (Lipinski definition) is 2. The largest absolute Gasteiger partial charge is 0.480 e. The minimum Gasteiger partial charge on any atom is -0.480 e. The van der Waals surface area contributed by atoms with Gasteiger partial charge < -0.3 is 20.1 Å². The summed E-state index contributed by atoms with van der Waals surface area (Å²) in [5.74, 6) is -5.60. The van der Waals surface area contributed by atoms with Gasteiger partial charge in [0, 0.05) is 24.8 Å². The fourth-order valence-corrected chi connectivity index (χ4v) is 4.57. The third-order valence-corrected chi connectivity index (χ3v) is 6.06. The standard InChI is InChI=1S/C24H24F2N2O5/c1-14(10-21(29)28-13-24(25,26)11-20(28)22(30)31)27-23(32)33-12-19-17-8-4-2-6-15(17)16-7-3-5-9-18(16)19/h2-9,14,19-20H,10-13H2,1H3,(H,27,32)(H,30,31). The predicted molar refractivity (Wildman–Crippen MR) is 115 cm³/mol. The van der Waals surface area contributed by atoms with Crippen molar-refractivity contribution in [3.8, 4) is 11.1 Å². The fourth-order valence-electron chi connectivity index (χ4n) is 4.57. The highest BCUT2D eigenvalue weighted by molar-refractivity contribution is 5.85. The zero-order valence-electron chi connectivity index (χ0n) is 18.0. The molecule has 2 aromatic rings. The van der Waals surface area contributed by atoms with Crippen LogP contribution in [0.25, 0.3) is 11.1 Å². The minimum absolute atomic E-state index is 0.0972. The molecule has 0 radical (unpaired) electrons. The summed E-state index contributed by atoms with van der Waals surface area (Å²) in [5, 5.41) is 11.7. The molecule has 0 saturated carbocycles. The Morgan fingerprint density at radius 3 is 2.27 bits per heavy atom. The summed E-state index contributed by atoms with van der Waals surface area (Å²) in [5.41, 5.74) is 4.31. The maximum absolute atomic E-state index is 13.6. The fraction of sp³-hybridized carbons (Fsp3) is 0.375. The Balaban J connectivity index is 1.33. The zero-order chi connectivity index (χ0) is 23.8. The first kappa shape index (κ1) is 22.7. The average molecular weight is 458 g/mol. The van der Waals surface area contributed by atoms with E-state index >= 15 is 0 Å². The lowest BCUT2D eigenvalue weighted by molar-refractivity contribution is -0.148. The van der Waals surface area contributed by atoms with Crippen molar-refractivity contribution in [3.63, 3.8) is 0 Å². The number of amides is 2. The van der Waals surface area contributed by atoms with Gasteiger partial charge in [-0.3, -0.25) is 4.79 Å². The number of carboxylic acids is 1. The summed E-state index contributed by atoms with van der Waals surface area (Å²) in [6.45, 7) is 0.684. The zero-order valence-corrected chi connectivity index (χ0v) is 18.0. The highest BCUT2D eigenvalue weighted by Crippen LogP contribution is 2.44. The highest BCUT2D eigenvalue weighted by atomic mass is 19.3. The summed E-state index contributed by atoms with van der Waals surface area (Å²) in [7, 11) is 0. The molecule has 0 bridgehead atoms. The molecular weight excluding hydrogens is 434 g/mol. The van der Waals surface area contributed by atoms with E-state index in [2.05, 4.69) is 5.32 Å².